The van der Waals surface area contributed by atoms with Crippen LogP contribution in [0.5, 0.6) is 0 Å². The molecule has 1 heterocycles. The van der Waals surface area contributed by atoms with Crippen molar-refractivity contribution in [2.24, 2.45) is 0 Å². The van der Waals surface area contributed by atoms with Crippen LogP contribution in [-0.2, 0) is 14.0 Å². The first-order valence-corrected chi connectivity index (χ1v) is 11.1. The van der Waals surface area contributed by atoms with E-state index in [-0.39, 0.29) is 6.15 Å². The molecule has 0 amide bonds. The average Bonchev–Trinajstić information content (AvgIpc) is 2.61. The fourth-order valence-corrected chi connectivity index (χ4v) is 2.95. The second-order valence-corrected chi connectivity index (χ2v) is 7.79. The van der Waals surface area contributed by atoms with Gasteiger partial charge in [0.15, 0.2) is 0 Å². The molecule has 1 saturated heterocycles. The van der Waals surface area contributed by atoms with E-state index >= 15 is 0 Å². The van der Waals surface area contributed by atoms with Gasteiger partial charge in [0.1, 0.15) is 0 Å². The Bertz CT molecular complexity index is 341. The molecule has 0 aliphatic carbocycles. The zero-order valence-electron chi connectivity index (χ0n) is 16.6. The Morgan fingerprint density at radius 3 is 1.88 bits per heavy atom. The van der Waals surface area contributed by atoms with Gasteiger partial charge in [-0.2, -0.15) is 0 Å². The number of morpholine rings is 1. The minimum atomic E-state index is -4.81. The third kappa shape index (κ3) is 18.7. The maximum atomic E-state index is 10.2. The normalized spacial score (nSPS) is 16.3. The number of unbranched alkanes of at least 4 members (excludes halogenated alkanes) is 8. The molecule has 1 aliphatic heterocycles. The molecule has 26 heavy (non-hydrogen) atoms. The summed E-state index contributed by atoms with van der Waals surface area (Å²) in [5.74, 6) is 0. The van der Waals surface area contributed by atoms with Gasteiger partial charge in [-0.25, -0.2) is 4.57 Å². The number of hydrogen-bond acceptors (Lipinski definition) is 5. The Kier molecular flexibility index (Phi) is 19.8. The summed E-state index contributed by atoms with van der Waals surface area (Å²) in [5, 5.41) is 0. The Hall–Kier alpha value is -0.0800. The van der Waals surface area contributed by atoms with E-state index in [1.807, 2.05) is 0 Å². The SMILES string of the molecule is CCCCCCCCCCCC(C)N1CCOCC1.N.O=P(O)(O)OF. The zero-order valence-corrected chi connectivity index (χ0v) is 17.5. The fraction of sp³-hybridized carbons (Fsp3) is 1.00. The van der Waals surface area contributed by atoms with E-state index in [1.54, 1.807) is 0 Å². The van der Waals surface area contributed by atoms with E-state index in [0.29, 0.717) is 0 Å². The minimum Gasteiger partial charge on any atom is -0.379 e. The Labute approximate surface area is 158 Å². The number of hydrogen-bond donors (Lipinski definition) is 3. The van der Waals surface area contributed by atoms with E-state index < -0.39 is 7.82 Å². The largest absolute Gasteiger partial charge is 0.500 e. The predicted octanol–water partition coefficient (Wildman–Crippen LogP) is 4.77. The summed E-state index contributed by atoms with van der Waals surface area (Å²) in [5.41, 5.74) is 0. The Balaban J connectivity index is 0. The molecule has 1 unspecified atom stereocenters. The van der Waals surface area contributed by atoms with Gasteiger partial charge < -0.3 is 20.7 Å². The van der Waals surface area contributed by atoms with Crippen molar-refractivity contribution in [1.82, 2.24) is 11.1 Å². The molecule has 7 nitrogen and oxygen atoms in total. The molecular weight excluding hydrogens is 362 g/mol. The van der Waals surface area contributed by atoms with Crippen molar-refractivity contribution >= 4 is 7.82 Å². The van der Waals surface area contributed by atoms with Gasteiger partial charge in [-0.3, -0.25) is 4.90 Å². The zero-order chi connectivity index (χ0) is 19.0. The molecule has 0 bridgehead atoms. The highest BCUT2D eigenvalue weighted by atomic mass is 31.2. The molecule has 160 valence electrons. The molecule has 0 aromatic heterocycles. The topological polar surface area (TPSA) is 114 Å². The van der Waals surface area contributed by atoms with Crippen LogP contribution in [0.3, 0.4) is 0 Å². The first-order valence-electron chi connectivity index (χ1n) is 9.58. The van der Waals surface area contributed by atoms with Crippen LogP contribution in [0.4, 0.5) is 4.53 Å². The van der Waals surface area contributed by atoms with Crippen molar-refractivity contribution in [2.75, 3.05) is 26.3 Å². The molecule has 1 aliphatic rings. The highest BCUT2D eigenvalue weighted by Crippen LogP contribution is 2.35. The summed E-state index contributed by atoms with van der Waals surface area (Å²) in [6.45, 7) is 8.81. The molecule has 0 spiro atoms. The number of phosphoric acid groups is 1. The fourth-order valence-electron chi connectivity index (χ4n) is 2.95. The second-order valence-electron chi connectivity index (χ2n) is 6.67. The Morgan fingerprint density at radius 2 is 1.46 bits per heavy atom. The lowest BCUT2D eigenvalue weighted by molar-refractivity contribution is -0.0389. The van der Waals surface area contributed by atoms with E-state index in [4.69, 9.17) is 19.1 Å². The molecule has 0 radical (unpaired) electrons. The molecule has 1 rings (SSSR count). The summed E-state index contributed by atoms with van der Waals surface area (Å²) in [6, 6.07) is 0.758. The molecule has 0 saturated carbocycles. The molecule has 1 atom stereocenters. The number of rotatable bonds is 12. The second kappa shape index (κ2) is 18.3. The summed E-state index contributed by atoms with van der Waals surface area (Å²) in [6.07, 6.45) is 14.3. The standard InChI is InChI=1S/C17H35NO.FH2O4P.H3N/c1-3-4-5-6-7-8-9-10-11-12-17(2)18-13-15-19-16-14-18;1-5-6(2,3)4;/h17H,3-16H2,1-2H3;(H2,2,3,4);1H3. The van der Waals surface area contributed by atoms with Crippen LogP contribution < -0.4 is 6.15 Å². The summed E-state index contributed by atoms with van der Waals surface area (Å²) >= 11 is 0. The van der Waals surface area contributed by atoms with Crippen molar-refractivity contribution in [1.29, 1.82) is 0 Å². The molecule has 0 aromatic carbocycles. The maximum Gasteiger partial charge on any atom is 0.500 e. The third-order valence-corrected chi connectivity index (χ3v) is 4.66. The van der Waals surface area contributed by atoms with Crippen LogP contribution in [0.1, 0.15) is 78.1 Å². The highest BCUT2D eigenvalue weighted by molar-refractivity contribution is 7.46. The van der Waals surface area contributed by atoms with Gasteiger partial charge in [0, 0.05) is 19.1 Å². The lowest BCUT2D eigenvalue weighted by Gasteiger charge is -2.32. The van der Waals surface area contributed by atoms with Gasteiger partial charge in [0.2, 0.25) is 0 Å². The van der Waals surface area contributed by atoms with Crippen LogP contribution >= 0.6 is 7.82 Å². The number of nitrogens with zero attached hydrogens (tertiary/aromatic N) is 1. The van der Waals surface area contributed by atoms with Crippen molar-refractivity contribution in [3.05, 3.63) is 0 Å². The van der Waals surface area contributed by atoms with E-state index in [9.17, 15) is 4.53 Å². The smallest absolute Gasteiger partial charge is 0.379 e. The van der Waals surface area contributed by atoms with Crippen LogP contribution in [0.15, 0.2) is 0 Å². The van der Waals surface area contributed by atoms with Crippen LogP contribution in [0, 0.1) is 0 Å². The van der Waals surface area contributed by atoms with Gasteiger partial charge in [0.05, 0.1) is 13.2 Å². The summed E-state index contributed by atoms with van der Waals surface area (Å²) in [4.78, 5) is 17.3. The minimum absolute atomic E-state index is 0. The van der Waals surface area contributed by atoms with Crippen molar-refractivity contribution in [2.45, 2.75) is 84.1 Å². The Morgan fingerprint density at radius 1 is 1.04 bits per heavy atom. The van der Waals surface area contributed by atoms with Crippen LogP contribution in [0.25, 0.3) is 0 Å². The van der Waals surface area contributed by atoms with Gasteiger partial charge in [-0.15, -0.1) is 0 Å². The van der Waals surface area contributed by atoms with Gasteiger partial charge in [-0.1, -0.05) is 69.4 Å². The number of ether oxygens (including phenoxy) is 1. The molecule has 5 N–H and O–H groups in total. The quantitative estimate of drug-likeness (QED) is 0.318. The van der Waals surface area contributed by atoms with Crippen LogP contribution in [0.2, 0.25) is 0 Å². The first-order chi connectivity index (χ1) is 11.9. The van der Waals surface area contributed by atoms with Crippen molar-refractivity contribution in [3.8, 4) is 0 Å². The predicted molar refractivity (Wildman–Crippen MR) is 103 cm³/mol. The van der Waals surface area contributed by atoms with Gasteiger partial charge in [-0.05, 0) is 17.9 Å². The van der Waals surface area contributed by atoms with Crippen LogP contribution in [-0.4, -0.2) is 47.0 Å². The average molecular weight is 402 g/mol. The van der Waals surface area contributed by atoms with Crippen molar-refractivity contribution < 1.29 is 28.3 Å². The maximum absolute atomic E-state index is 10.2. The third-order valence-electron chi connectivity index (χ3n) is 4.48. The lowest BCUT2D eigenvalue weighted by atomic mass is 10.0. The first kappa shape index (κ1) is 28.1. The van der Waals surface area contributed by atoms with Gasteiger partial charge in [0.25, 0.3) is 0 Å². The molecule has 1 fully saturated rings. The summed E-state index contributed by atoms with van der Waals surface area (Å²) < 4.78 is 26.8. The monoisotopic (exact) mass is 402 g/mol. The van der Waals surface area contributed by atoms with E-state index in [2.05, 4.69) is 23.5 Å². The lowest BCUT2D eigenvalue weighted by Crippen LogP contribution is -2.42. The molecule has 9 heteroatoms. The molecular formula is C17H40FN2O5P. The highest BCUT2D eigenvalue weighted by Gasteiger charge is 2.16. The van der Waals surface area contributed by atoms with Gasteiger partial charge >= 0.3 is 7.82 Å². The summed E-state index contributed by atoms with van der Waals surface area (Å²) in [7, 11) is -4.81. The van der Waals surface area contributed by atoms with Crippen molar-refractivity contribution in [3.63, 3.8) is 0 Å². The molecule has 0 aromatic rings. The number of halogens is 1. The van der Waals surface area contributed by atoms with E-state index in [1.165, 1.54) is 64.2 Å². The van der Waals surface area contributed by atoms with E-state index in [0.717, 1.165) is 32.3 Å².